The maximum Gasteiger partial charge on any atom is 0.0143 e. The van der Waals surface area contributed by atoms with E-state index in [1.54, 1.807) is 12.8 Å². The van der Waals surface area contributed by atoms with Crippen molar-refractivity contribution in [2.24, 2.45) is 56.7 Å². The molecule has 0 N–H and O–H groups in total. The number of hydrogen-bond acceptors (Lipinski definition) is 1. The third-order valence-electron chi connectivity index (χ3n) is 13.9. The number of rotatable bonds is 6. The van der Waals surface area contributed by atoms with E-state index < -0.39 is 0 Å². The van der Waals surface area contributed by atoms with Crippen LogP contribution < -0.4 is 0 Å². The van der Waals surface area contributed by atoms with Crippen LogP contribution in [0.3, 0.4) is 0 Å². The monoisotopic (exact) mass is 455 g/mol. The summed E-state index contributed by atoms with van der Waals surface area (Å²) in [4.78, 5) is 2.56. The van der Waals surface area contributed by atoms with E-state index in [4.69, 9.17) is 0 Å². The lowest BCUT2D eigenvalue weighted by Crippen LogP contribution is -2.59. The van der Waals surface area contributed by atoms with E-state index in [1.807, 2.05) is 0 Å². The molecule has 5 saturated carbocycles. The minimum atomic E-state index is 0.473. The van der Waals surface area contributed by atoms with E-state index >= 15 is 0 Å². The molecule has 5 aliphatic rings. The van der Waals surface area contributed by atoms with Gasteiger partial charge in [0.2, 0.25) is 0 Å². The van der Waals surface area contributed by atoms with Gasteiger partial charge in [0.25, 0.3) is 0 Å². The third kappa shape index (κ3) is 3.12. The van der Waals surface area contributed by atoms with E-state index in [0.717, 1.165) is 35.6 Å². The van der Waals surface area contributed by atoms with Gasteiger partial charge < -0.3 is 4.90 Å². The molecule has 1 nitrogen and oxygen atoms in total. The fourth-order valence-electron chi connectivity index (χ4n) is 12.3. The quantitative estimate of drug-likeness (QED) is 0.386. The normalized spacial score (nSPS) is 51.0. The van der Waals surface area contributed by atoms with Crippen LogP contribution in [0.4, 0.5) is 0 Å². The molecule has 5 rings (SSSR count). The molecule has 0 aromatic rings. The third-order valence-corrected chi connectivity index (χ3v) is 13.9. The van der Waals surface area contributed by atoms with Gasteiger partial charge in [-0.05, 0) is 129 Å². The van der Waals surface area contributed by atoms with Gasteiger partial charge in [0, 0.05) is 6.04 Å². The molecule has 0 heterocycles. The Kier molecular flexibility index (Phi) is 5.77. The van der Waals surface area contributed by atoms with E-state index in [2.05, 4.69) is 67.5 Å². The maximum atomic E-state index is 2.81. The minimum Gasteiger partial charge on any atom is -0.306 e. The van der Waals surface area contributed by atoms with Crippen molar-refractivity contribution in [3.63, 3.8) is 0 Å². The lowest BCUT2D eigenvalue weighted by molar-refractivity contribution is -0.152. The van der Waals surface area contributed by atoms with Gasteiger partial charge in [-0.25, -0.2) is 0 Å². The Morgan fingerprint density at radius 2 is 1.39 bits per heavy atom. The van der Waals surface area contributed by atoms with Crippen molar-refractivity contribution in [1.82, 2.24) is 4.90 Å². The first-order chi connectivity index (χ1) is 15.4. The molecule has 5 fully saturated rings. The average molecular weight is 456 g/mol. The van der Waals surface area contributed by atoms with Gasteiger partial charge in [-0.2, -0.15) is 0 Å². The first-order valence-electron chi connectivity index (χ1n) is 15.0. The Balaban J connectivity index is 1.38. The summed E-state index contributed by atoms with van der Waals surface area (Å²) in [5, 5.41) is 0. The zero-order valence-electron chi connectivity index (χ0n) is 23.9. The van der Waals surface area contributed by atoms with Crippen LogP contribution in [0.5, 0.6) is 0 Å². The summed E-state index contributed by atoms with van der Waals surface area (Å²) in [5.74, 6) is 4.73. The summed E-state index contributed by atoms with van der Waals surface area (Å²) in [6.07, 6.45) is 18.1. The van der Waals surface area contributed by atoms with Crippen LogP contribution >= 0.6 is 0 Å². The zero-order valence-corrected chi connectivity index (χ0v) is 23.9. The topological polar surface area (TPSA) is 3.24 Å². The van der Waals surface area contributed by atoms with Gasteiger partial charge in [-0.15, -0.1) is 0 Å². The molecule has 5 aliphatic carbocycles. The van der Waals surface area contributed by atoms with Crippen LogP contribution in [0.15, 0.2) is 0 Å². The fourth-order valence-corrected chi connectivity index (χ4v) is 12.3. The van der Waals surface area contributed by atoms with Gasteiger partial charge in [0.1, 0.15) is 0 Å². The Morgan fingerprint density at radius 3 is 2.06 bits per heavy atom. The highest BCUT2D eigenvalue weighted by Gasteiger charge is 2.82. The summed E-state index contributed by atoms with van der Waals surface area (Å²) in [6.45, 7) is 18.3. The first kappa shape index (κ1) is 24.6. The van der Waals surface area contributed by atoms with E-state index in [-0.39, 0.29) is 0 Å². The van der Waals surface area contributed by atoms with Crippen molar-refractivity contribution < 1.29 is 0 Å². The Bertz CT molecular complexity index is 752. The number of hydrogen-bond donors (Lipinski definition) is 0. The molecule has 33 heavy (non-hydrogen) atoms. The molecular weight excluding hydrogens is 398 g/mol. The second kappa shape index (κ2) is 7.73. The van der Waals surface area contributed by atoms with E-state index in [1.165, 1.54) is 64.2 Å². The van der Waals surface area contributed by atoms with Crippen molar-refractivity contribution in [3.05, 3.63) is 0 Å². The molecule has 2 spiro atoms. The van der Waals surface area contributed by atoms with Gasteiger partial charge in [0.15, 0.2) is 0 Å². The van der Waals surface area contributed by atoms with E-state index in [0.29, 0.717) is 27.1 Å². The summed E-state index contributed by atoms with van der Waals surface area (Å²) in [5.41, 5.74) is 3.08. The predicted molar refractivity (Wildman–Crippen MR) is 142 cm³/mol. The smallest absolute Gasteiger partial charge is 0.0143 e. The largest absolute Gasteiger partial charge is 0.306 e. The summed E-state index contributed by atoms with van der Waals surface area (Å²) >= 11 is 0. The second-order valence-electron chi connectivity index (χ2n) is 15.8. The first-order valence-corrected chi connectivity index (χ1v) is 15.0. The molecule has 0 saturated heterocycles. The minimum absolute atomic E-state index is 0.473. The summed E-state index contributed by atoms with van der Waals surface area (Å²) < 4.78 is 0. The van der Waals surface area contributed by atoms with Crippen LogP contribution in [0, 0.1) is 56.7 Å². The van der Waals surface area contributed by atoms with E-state index in [9.17, 15) is 0 Å². The highest BCUT2D eigenvalue weighted by atomic mass is 15.1. The second-order valence-corrected chi connectivity index (χ2v) is 15.8. The highest BCUT2D eigenvalue weighted by Crippen LogP contribution is 2.89. The molecule has 190 valence electrons. The molecule has 0 radical (unpaired) electrons. The van der Waals surface area contributed by atoms with Gasteiger partial charge in [0.05, 0.1) is 0 Å². The van der Waals surface area contributed by atoms with Crippen molar-refractivity contribution in [2.45, 2.75) is 132 Å². The van der Waals surface area contributed by atoms with Gasteiger partial charge in [-0.1, -0.05) is 67.7 Å². The standard InChI is InChI=1S/C32H57N/c1-22(2)11-10-12-23(3)24-15-17-30(7)26-14-13-25-28(4,5)27(33(8)9)16-18-31(25)21-32(26,31)20-19-29(24,30)6/h22-27H,10-21H2,1-9H3/t23?,24-,25+,26+,27?,29-,30+,31-,32?/m1/s1. The summed E-state index contributed by atoms with van der Waals surface area (Å²) in [7, 11) is 4.68. The van der Waals surface area contributed by atoms with Crippen molar-refractivity contribution in [2.75, 3.05) is 14.1 Å². The van der Waals surface area contributed by atoms with Crippen molar-refractivity contribution in [1.29, 1.82) is 0 Å². The van der Waals surface area contributed by atoms with Crippen LogP contribution in [-0.2, 0) is 0 Å². The van der Waals surface area contributed by atoms with Gasteiger partial charge in [-0.3, -0.25) is 0 Å². The molecule has 0 aromatic carbocycles. The lowest BCUT2D eigenvalue weighted by Gasteiger charge is -2.64. The van der Waals surface area contributed by atoms with Crippen LogP contribution in [0.1, 0.15) is 126 Å². The number of nitrogens with zero attached hydrogens (tertiary/aromatic N) is 1. The fraction of sp³-hybridized carbons (Fsp3) is 1.00. The Labute approximate surface area is 207 Å². The van der Waals surface area contributed by atoms with Crippen LogP contribution in [0.2, 0.25) is 0 Å². The SMILES string of the molecule is CC(C)CCCC(C)[C@H]1CC[C@@]2(C)[C@@H]3CC[C@H]4C(C)(C)C(N(C)C)CC[C@@]45CC35CC[C@]12C. The lowest BCUT2D eigenvalue weighted by atomic mass is 9.41. The highest BCUT2D eigenvalue weighted by molar-refractivity contribution is 5.30. The molecular formula is C32H57N. The maximum absolute atomic E-state index is 2.81. The predicted octanol–water partition coefficient (Wildman–Crippen LogP) is 8.82. The molecule has 0 aliphatic heterocycles. The Morgan fingerprint density at radius 1 is 0.727 bits per heavy atom. The molecule has 0 aromatic heterocycles. The average Bonchev–Trinajstić information content (AvgIpc) is 3.29. The molecule has 1 heteroatoms. The van der Waals surface area contributed by atoms with Crippen molar-refractivity contribution >= 4 is 0 Å². The summed E-state index contributed by atoms with van der Waals surface area (Å²) in [6, 6.07) is 0.773. The Hall–Kier alpha value is -0.0400. The molecule has 3 unspecified atom stereocenters. The van der Waals surface area contributed by atoms with Gasteiger partial charge >= 0.3 is 0 Å². The van der Waals surface area contributed by atoms with Crippen molar-refractivity contribution in [3.8, 4) is 0 Å². The number of fused-ring (bicyclic) bond motifs is 2. The molecule has 0 bridgehead atoms. The zero-order chi connectivity index (χ0) is 24.0. The van der Waals surface area contributed by atoms with Crippen LogP contribution in [-0.4, -0.2) is 25.0 Å². The molecule has 9 atom stereocenters. The molecule has 0 amide bonds. The van der Waals surface area contributed by atoms with Crippen LogP contribution in [0.25, 0.3) is 0 Å².